The van der Waals surface area contributed by atoms with Crippen LogP contribution in [-0.2, 0) is 25.2 Å². The summed E-state index contributed by atoms with van der Waals surface area (Å²) in [5.74, 6) is -4.67. The average Bonchev–Trinajstić information content (AvgIpc) is 2.98. The molecule has 44 heavy (non-hydrogen) atoms. The van der Waals surface area contributed by atoms with Crippen molar-refractivity contribution >= 4 is 34.1 Å². The molecule has 0 unspecified atom stereocenters. The Morgan fingerprint density at radius 2 is 0.727 bits per heavy atom. The van der Waals surface area contributed by atoms with Gasteiger partial charge in [0, 0.05) is 35.6 Å². The largest absolute Gasteiger partial charge is 0.421 e. The van der Waals surface area contributed by atoms with Gasteiger partial charge in [0.15, 0.2) is 11.6 Å². The van der Waals surface area contributed by atoms with Crippen molar-refractivity contribution in [2.24, 2.45) is 0 Å². The molecule has 2 heterocycles. The number of hydrogen-bond acceptors (Lipinski definition) is 2. The van der Waals surface area contributed by atoms with Gasteiger partial charge in [-0.05, 0) is 46.5 Å². The van der Waals surface area contributed by atoms with Crippen molar-refractivity contribution in [1.29, 1.82) is 0 Å². The quantitative estimate of drug-likeness (QED) is 0.180. The molecule has 0 saturated heterocycles. The molecule has 2 nitrogen and oxygen atoms in total. The first kappa shape index (κ1) is 27.9. The second-order valence-electron chi connectivity index (χ2n) is 10.6. The molecule has 0 aromatic heterocycles. The molecular weight excluding hydrogens is 588 g/mol. The third-order valence-electron chi connectivity index (χ3n) is 8.04. The van der Waals surface area contributed by atoms with Crippen LogP contribution in [-0.4, -0.2) is 0 Å². The lowest BCUT2D eigenvalue weighted by molar-refractivity contribution is -0.143. The maximum atomic E-state index is 16.3. The minimum absolute atomic E-state index is 0.00129. The van der Waals surface area contributed by atoms with Gasteiger partial charge in [-0.15, -0.1) is 0 Å². The van der Waals surface area contributed by atoms with Gasteiger partial charge in [-0.25, -0.2) is 8.78 Å². The molecule has 0 atom stereocenters. The summed E-state index contributed by atoms with van der Waals surface area (Å²) in [5.41, 5.74) is -5.13. The Balaban J connectivity index is 1.68. The van der Waals surface area contributed by atoms with E-state index < -0.39 is 46.5 Å². The number of nitrogens with zero attached hydrogens (tertiary/aromatic N) is 2. The summed E-state index contributed by atoms with van der Waals surface area (Å²) in [6.45, 7) is 0. The van der Waals surface area contributed by atoms with Crippen LogP contribution in [0.1, 0.15) is 33.4 Å². The number of benzene rings is 5. The highest BCUT2D eigenvalue weighted by Crippen LogP contribution is 2.58. The van der Waals surface area contributed by atoms with Crippen LogP contribution in [0.15, 0.2) is 97.1 Å². The lowest BCUT2D eigenvalue weighted by atomic mass is 9.90. The van der Waals surface area contributed by atoms with Crippen LogP contribution in [0.4, 0.5) is 69.2 Å². The number of anilines is 6. The Labute approximate surface area is 246 Å². The van der Waals surface area contributed by atoms with Gasteiger partial charge >= 0.3 is 12.4 Å². The lowest BCUT2D eigenvalue weighted by Crippen LogP contribution is -2.30. The minimum Gasteiger partial charge on any atom is -0.308 e. The van der Waals surface area contributed by atoms with E-state index in [1.165, 1.54) is 48.5 Å². The molecule has 0 radical (unpaired) electrons. The van der Waals surface area contributed by atoms with E-state index in [1.54, 1.807) is 48.5 Å². The normalized spacial score (nSPS) is 14.1. The molecule has 0 saturated carbocycles. The van der Waals surface area contributed by atoms with Crippen LogP contribution in [0.2, 0.25) is 0 Å². The fourth-order valence-electron chi connectivity index (χ4n) is 6.29. The number of fused-ring (bicyclic) bond motifs is 4. The predicted octanol–water partition coefficient (Wildman–Crippen LogP) is 10.8. The van der Waals surface area contributed by atoms with Gasteiger partial charge in [-0.3, -0.25) is 0 Å². The molecule has 10 heteroatoms. The van der Waals surface area contributed by atoms with Crippen LogP contribution in [0.25, 0.3) is 0 Å². The molecule has 2 aliphatic heterocycles. The summed E-state index contributed by atoms with van der Waals surface area (Å²) in [7, 11) is 0. The van der Waals surface area contributed by atoms with Gasteiger partial charge in [0.05, 0.1) is 11.4 Å². The van der Waals surface area contributed by atoms with Crippen molar-refractivity contribution in [3.05, 3.63) is 142 Å². The summed E-state index contributed by atoms with van der Waals surface area (Å²) < 4.78 is 123. The number of rotatable bonds is 2. The summed E-state index contributed by atoms with van der Waals surface area (Å²) >= 11 is 0. The summed E-state index contributed by atoms with van der Waals surface area (Å²) in [6.07, 6.45) is -10.8. The Bertz CT molecular complexity index is 1850. The summed E-state index contributed by atoms with van der Waals surface area (Å²) in [5, 5.41) is 0. The smallest absolute Gasteiger partial charge is 0.308 e. The summed E-state index contributed by atoms with van der Waals surface area (Å²) in [6, 6.07) is 24.5. The molecule has 2 aliphatic rings. The standard InChI is InChI=1S/C34H20F8N2/c35-29-27(33(37,38)39)31(43-23-13-5-1-9-19(23)17-20-10-2-6-14-24(20)43)28(34(40,41)42)32(30(29)36)44-25-15-7-3-11-21(25)18-22-12-4-8-16-26(22)44/h1-16H,17-18H2. The topological polar surface area (TPSA) is 6.48 Å². The first-order chi connectivity index (χ1) is 21.0. The highest BCUT2D eigenvalue weighted by atomic mass is 19.4. The van der Waals surface area contributed by atoms with E-state index in [0.717, 1.165) is 9.80 Å². The van der Waals surface area contributed by atoms with E-state index >= 15 is 22.0 Å². The van der Waals surface area contributed by atoms with Gasteiger partial charge < -0.3 is 9.80 Å². The van der Waals surface area contributed by atoms with Crippen molar-refractivity contribution in [1.82, 2.24) is 0 Å². The van der Waals surface area contributed by atoms with Crippen molar-refractivity contribution in [2.45, 2.75) is 25.2 Å². The Morgan fingerprint density at radius 3 is 1.07 bits per heavy atom. The van der Waals surface area contributed by atoms with Crippen molar-refractivity contribution in [2.75, 3.05) is 9.80 Å². The zero-order chi connectivity index (χ0) is 31.0. The number of halogens is 8. The number of para-hydroxylation sites is 4. The highest BCUT2D eigenvalue weighted by molar-refractivity contribution is 5.93. The summed E-state index contributed by atoms with van der Waals surface area (Å²) in [4.78, 5) is 1.66. The van der Waals surface area contributed by atoms with E-state index in [2.05, 4.69) is 0 Å². The first-order valence-electron chi connectivity index (χ1n) is 13.6. The molecule has 5 aromatic carbocycles. The Kier molecular flexibility index (Phi) is 6.25. The molecule has 0 bridgehead atoms. The van der Waals surface area contributed by atoms with Gasteiger partial charge in [-0.2, -0.15) is 26.3 Å². The average molecular weight is 609 g/mol. The Hall–Kier alpha value is -4.86. The predicted molar refractivity (Wildman–Crippen MR) is 151 cm³/mol. The maximum absolute atomic E-state index is 16.3. The van der Waals surface area contributed by atoms with E-state index in [4.69, 9.17) is 0 Å². The number of alkyl halides is 6. The SMILES string of the molecule is Fc1c(F)c(C(F)(F)F)c(N2c3ccccc3Cc3ccccc32)c(C(F)(F)F)c1N1c2ccccc2Cc2ccccc21. The van der Waals surface area contributed by atoms with Crippen molar-refractivity contribution in [3.8, 4) is 0 Å². The van der Waals surface area contributed by atoms with E-state index in [0.29, 0.717) is 22.3 Å². The van der Waals surface area contributed by atoms with E-state index in [9.17, 15) is 13.2 Å². The molecule has 0 fully saturated rings. The zero-order valence-electron chi connectivity index (χ0n) is 22.6. The Morgan fingerprint density at radius 1 is 0.409 bits per heavy atom. The van der Waals surface area contributed by atoms with Gasteiger partial charge in [-0.1, -0.05) is 72.8 Å². The molecule has 0 amide bonds. The fraction of sp³-hybridized carbons (Fsp3) is 0.118. The molecule has 0 aliphatic carbocycles. The minimum atomic E-state index is -5.70. The molecule has 7 rings (SSSR count). The van der Waals surface area contributed by atoms with Crippen molar-refractivity contribution in [3.63, 3.8) is 0 Å². The molecule has 0 N–H and O–H groups in total. The first-order valence-corrected chi connectivity index (χ1v) is 13.6. The third-order valence-corrected chi connectivity index (χ3v) is 8.04. The van der Waals surface area contributed by atoms with Gasteiger partial charge in [0.1, 0.15) is 11.1 Å². The lowest BCUT2D eigenvalue weighted by Gasteiger charge is -2.40. The maximum Gasteiger partial charge on any atom is 0.421 e. The van der Waals surface area contributed by atoms with Crippen LogP contribution in [0.5, 0.6) is 0 Å². The van der Waals surface area contributed by atoms with Crippen LogP contribution in [0.3, 0.4) is 0 Å². The van der Waals surface area contributed by atoms with Crippen LogP contribution >= 0.6 is 0 Å². The second kappa shape index (κ2) is 9.83. The third kappa shape index (κ3) is 4.23. The van der Waals surface area contributed by atoms with Crippen molar-refractivity contribution < 1.29 is 35.1 Å². The molecule has 5 aromatic rings. The van der Waals surface area contributed by atoms with Crippen LogP contribution in [0, 0.1) is 11.6 Å². The zero-order valence-corrected chi connectivity index (χ0v) is 22.6. The fourth-order valence-corrected chi connectivity index (χ4v) is 6.29. The van der Waals surface area contributed by atoms with Gasteiger partial charge in [0.2, 0.25) is 0 Å². The highest BCUT2D eigenvalue weighted by Gasteiger charge is 2.51. The van der Waals surface area contributed by atoms with Gasteiger partial charge in [0.25, 0.3) is 0 Å². The second-order valence-corrected chi connectivity index (χ2v) is 10.6. The van der Waals surface area contributed by atoms with E-state index in [-0.39, 0.29) is 35.6 Å². The van der Waals surface area contributed by atoms with E-state index in [1.807, 2.05) is 0 Å². The number of hydrogen-bond donors (Lipinski definition) is 0. The monoisotopic (exact) mass is 608 g/mol. The molecule has 222 valence electrons. The molecular formula is C34H20F8N2. The molecule has 0 spiro atoms. The van der Waals surface area contributed by atoms with Crippen LogP contribution < -0.4 is 9.80 Å².